The molecule has 3 fully saturated rings. The smallest absolute Gasteiger partial charge is 0.234 e. The van der Waals surface area contributed by atoms with Gasteiger partial charge in [0.05, 0.1) is 26.4 Å². The van der Waals surface area contributed by atoms with Gasteiger partial charge in [-0.15, -0.1) is 0 Å². The molecule has 1 saturated heterocycles. The minimum atomic E-state index is -0.673. The number of methoxy groups -OCH3 is 2. The van der Waals surface area contributed by atoms with Gasteiger partial charge in [0.25, 0.3) is 0 Å². The van der Waals surface area contributed by atoms with E-state index in [1.54, 1.807) is 14.2 Å². The number of rotatable bonds is 6. The van der Waals surface area contributed by atoms with Gasteiger partial charge in [0.1, 0.15) is 11.5 Å². The molecule has 1 aromatic carbocycles. The summed E-state index contributed by atoms with van der Waals surface area (Å²) in [5.41, 5.74) is 0.338. The third-order valence-corrected chi connectivity index (χ3v) is 7.74. The van der Waals surface area contributed by atoms with E-state index in [0.29, 0.717) is 19.1 Å². The first-order valence-electron chi connectivity index (χ1n) is 12.0. The second-order valence-corrected chi connectivity index (χ2v) is 9.63. The number of nitrogens with zero attached hydrogens (tertiary/aromatic N) is 1. The van der Waals surface area contributed by atoms with Gasteiger partial charge in [0, 0.05) is 30.1 Å². The Hall–Kier alpha value is -1.79. The van der Waals surface area contributed by atoms with Crippen molar-refractivity contribution in [3.8, 4) is 11.5 Å². The molecule has 0 radical (unpaired) electrons. The van der Waals surface area contributed by atoms with Crippen molar-refractivity contribution in [2.24, 2.45) is 5.92 Å². The zero-order valence-corrected chi connectivity index (χ0v) is 19.1. The molecule has 6 nitrogen and oxygen atoms in total. The third kappa shape index (κ3) is 4.85. The van der Waals surface area contributed by atoms with E-state index in [0.717, 1.165) is 62.0 Å². The number of aliphatic hydroxyl groups is 1. The maximum atomic E-state index is 13.0. The second-order valence-electron chi connectivity index (χ2n) is 9.63. The van der Waals surface area contributed by atoms with Gasteiger partial charge in [-0.1, -0.05) is 32.1 Å². The summed E-state index contributed by atoms with van der Waals surface area (Å²) >= 11 is 0. The number of benzene rings is 1. The molecule has 3 aliphatic rings. The Morgan fingerprint density at radius 1 is 1.10 bits per heavy atom. The quantitative estimate of drug-likeness (QED) is 0.718. The number of hydrogen-bond acceptors (Lipinski definition) is 5. The number of carbonyl (C=O) groups excluding carboxylic acids is 1. The molecule has 2 saturated carbocycles. The first-order valence-corrected chi connectivity index (χ1v) is 12.0. The predicted octanol–water partition coefficient (Wildman–Crippen LogP) is 3.82. The molecule has 6 heteroatoms. The fraction of sp³-hybridized carbons (Fsp3) is 0.720. The third-order valence-electron chi connectivity index (χ3n) is 7.74. The van der Waals surface area contributed by atoms with E-state index in [1.807, 2.05) is 18.2 Å². The fourth-order valence-corrected chi connectivity index (χ4v) is 6.11. The van der Waals surface area contributed by atoms with Crippen LogP contribution in [0.4, 0.5) is 0 Å². The number of likely N-dealkylation sites (tertiary alicyclic amines) is 1. The van der Waals surface area contributed by atoms with Crippen molar-refractivity contribution in [2.75, 3.05) is 27.3 Å². The molecule has 31 heavy (non-hydrogen) atoms. The Bertz CT molecular complexity index is 764. The van der Waals surface area contributed by atoms with Gasteiger partial charge in [0.2, 0.25) is 5.91 Å². The van der Waals surface area contributed by atoms with E-state index in [1.165, 1.54) is 19.3 Å². The normalized spacial score (nSPS) is 29.8. The van der Waals surface area contributed by atoms with E-state index >= 15 is 0 Å². The zero-order valence-electron chi connectivity index (χ0n) is 19.1. The zero-order chi connectivity index (χ0) is 21.8. The van der Waals surface area contributed by atoms with Gasteiger partial charge in [-0.05, 0) is 50.3 Å². The number of piperidine rings is 1. The molecule has 0 bridgehead atoms. The van der Waals surface area contributed by atoms with Crippen molar-refractivity contribution in [3.05, 3.63) is 23.8 Å². The summed E-state index contributed by atoms with van der Waals surface area (Å²) in [6.45, 7) is 1.06. The molecule has 4 rings (SSSR count). The van der Waals surface area contributed by atoms with Crippen molar-refractivity contribution in [1.82, 2.24) is 10.2 Å². The predicted molar refractivity (Wildman–Crippen MR) is 120 cm³/mol. The van der Waals surface area contributed by atoms with Crippen molar-refractivity contribution in [1.29, 1.82) is 0 Å². The van der Waals surface area contributed by atoms with E-state index in [4.69, 9.17) is 9.47 Å². The van der Waals surface area contributed by atoms with Gasteiger partial charge in [0.15, 0.2) is 0 Å². The summed E-state index contributed by atoms with van der Waals surface area (Å²) in [7, 11) is 3.35. The number of amides is 1. The average Bonchev–Trinajstić information content (AvgIpc) is 2.79. The van der Waals surface area contributed by atoms with Crippen LogP contribution in [-0.4, -0.2) is 54.9 Å². The monoisotopic (exact) mass is 430 g/mol. The molecule has 1 aromatic rings. The number of carbonyl (C=O) groups is 1. The highest BCUT2D eigenvalue weighted by atomic mass is 16.5. The topological polar surface area (TPSA) is 71.0 Å². The highest BCUT2D eigenvalue weighted by Crippen LogP contribution is 2.51. The molecule has 0 aromatic heterocycles. The highest BCUT2D eigenvalue weighted by molar-refractivity contribution is 5.78. The van der Waals surface area contributed by atoms with Crippen LogP contribution in [0.15, 0.2) is 18.2 Å². The molecule has 1 heterocycles. The van der Waals surface area contributed by atoms with E-state index in [2.05, 4.69) is 10.2 Å². The van der Waals surface area contributed by atoms with Gasteiger partial charge in [-0.25, -0.2) is 0 Å². The summed E-state index contributed by atoms with van der Waals surface area (Å²) in [5, 5.41) is 14.8. The maximum Gasteiger partial charge on any atom is 0.234 e. The molecule has 3 atom stereocenters. The van der Waals surface area contributed by atoms with Crippen molar-refractivity contribution in [3.63, 3.8) is 0 Å². The van der Waals surface area contributed by atoms with Crippen LogP contribution in [0.1, 0.15) is 75.8 Å². The summed E-state index contributed by atoms with van der Waals surface area (Å²) in [6, 6.07) is 6.10. The lowest BCUT2D eigenvalue weighted by molar-refractivity contribution is -0.138. The molecular weight excluding hydrogens is 392 g/mol. The van der Waals surface area contributed by atoms with Crippen molar-refractivity contribution in [2.45, 2.75) is 81.9 Å². The summed E-state index contributed by atoms with van der Waals surface area (Å²) in [5.74, 6) is 1.74. The van der Waals surface area contributed by atoms with Crippen LogP contribution in [0.5, 0.6) is 11.5 Å². The minimum absolute atomic E-state index is 0.0683. The van der Waals surface area contributed by atoms with Crippen LogP contribution in [0.3, 0.4) is 0 Å². The molecule has 0 spiro atoms. The lowest BCUT2D eigenvalue weighted by Crippen LogP contribution is -2.56. The number of hydrogen-bond donors (Lipinski definition) is 2. The van der Waals surface area contributed by atoms with Crippen molar-refractivity contribution >= 4 is 5.91 Å². The Morgan fingerprint density at radius 2 is 1.87 bits per heavy atom. The van der Waals surface area contributed by atoms with Gasteiger partial charge in [-0.3, -0.25) is 9.69 Å². The Labute approximate surface area is 186 Å². The van der Waals surface area contributed by atoms with Gasteiger partial charge in [-0.2, -0.15) is 0 Å². The maximum absolute atomic E-state index is 13.0. The largest absolute Gasteiger partial charge is 0.497 e. The molecule has 2 aliphatic carbocycles. The lowest BCUT2D eigenvalue weighted by atomic mass is 9.66. The number of nitrogens with one attached hydrogen (secondary N) is 1. The van der Waals surface area contributed by atoms with Crippen molar-refractivity contribution < 1.29 is 19.4 Å². The van der Waals surface area contributed by atoms with Crippen LogP contribution >= 0.6 is 0 Å². The van der Waals surface area contributed by atoms with Gasteiger partial charge < -0.3 is 19.9 Å². The average molecular weight is 431 g/mol. The first-order chi connectivity index (χ1) is 15.0. The summed E-state index contributed by atoms with van der Waals surface area (Å²) in [4.78, 5) is 15.3. The Balaban J connectivity index is 1.61. The first kappa shape index (κ1) is 22.4. The molecular formula is C25H38N2O4. The summed E-state index contributed by atoms with van der Waals surface area (Å²) in [6.07, 6.45) is 10.5. The molecule has 0 unspecified atom stereocenters. The fourth-order valence-electron chi connectivity index (χ4n) is 6.11. The van der Waals surface area contributed by atoms with E-state index in [-0.39, 0.29) is 17.9 Å². The van der Waals surface area contributed by atoms with Crippen LogP contribution in [0.25, 0.3) is 0 Å². The number of fused-ring (bicyclic) bond motifs is 1. The second kappa shape index (κ2) is 9.78. The summed E-state index contributed by atoms with van der Waals surface area (Å²) < 4.78 is 11.2. The SMILES string of the molecule is COc1ccc(OC)c([C@@H]2[C@@H]3CCCC[C@@]3(O)CCN2CC(=O)NC2CCCCC2)c1. The Morgan fingerprint density at radius 3 is 2.61 bits per heavy atom. The van der Waals surface area contributed by atoms with Gasteiger partial charge >= 0.3 is 0 Å². The van der Waals surface area contributed by atoms with E-state index < -0.39 is 5.60 Å². The van der Waals surface area contributed by atoms with Crippen LogP contribution in [-0.2, 0) is 4.79 Å². The molecule has 1 aliphatic heterocycles. The van der Waals surface area contributed by atoms with Crippen LogP contribution < -0.4 is 14.8 Å². The lowest BCUT2D eigenvalue weighted by Gasteiger charge is -2.52. The highest BCUT2D eigenvalue weighted by Gasteiger charge is 2.50. The van der Waals surface area contributed by atoms with E-state index in [9.17, 15) is 9.90 Å². The molecule has 2 N–H and O–H groups in total. The Kier molecular flexibility index (Phi) is 7.07. The standard InChI is InChI=1S/C25H38N2O4/c1-30-19-11-12-22(31-2)20(16-19)24-21-10-6-7-13-25(21,29)14-15-27(24)17-23(28)26-18-8-4-3-5-9-18/h11-12,16,18,21,24,29H,3-10,13-15,17H2,1-2H3,(H,26,28)/t21-,24+,25+/m0/s1. The van der Waals surface area contributed by atoms with Crippen LogP contribution in [0.2, 0.25) is 0 Å². The number of ether oxygens (including phenoxy) is 2. The molecule has 172 valence electrons. The molecule has 1 amide bonds. The van der Waals surface area contributed by atoms with Crippen LogP contribution in [0, 0.1) is 5.92 Å². The minimum Gasteiger partial charge on any atom is -0.497 e.